The lowest BCUT2D eigenvalue weighted by molar-refractivity contribution is -0.0573. The van der Waals surface area contributed by atoms with E-state index < -0.39 is 23.4 Å². The van der Waals surface area contributed by atoms with Crippen LogP contribution in [0, 0.1) is 11.7 Å². The van der Waals surface area contributed by atoms with Crippen LogP contribution in [0.15, 0.2) is 48.5 Å². The molecule has 1 fully saturated rings. The van der Waals surface area contributed by atoms with Gasteiger partial charge in [0.05, 0.1) is 44.0 Å². The van der Waals surface area contributed by atoms with E-state index >= 15 is 4.39 Å². The number of nitrogens with one attached hydrogen (secondary N) is 1. The number of fused-ring (bicyclic) bond motifs is 6. The third kappa shape index (κ3) is 5.50. The fraction of sp³-hybridized carbons (Fsp3) is 0.429. The molecule has 3 atom stereocenters. The molecule has 8 nitrogen and oxygen atoms in total. The molecule has 238 valence electrons. The summed E-state index contributed by atoms with van der Waals surface area (Å²) in [4.78, 5) is 28.7. The van der Waals surface area contributed by atoms with Crippen molar-refractivity contribution in [2.75, 3.05) is 47.4 Å². The third-order valence-corrected chi connectivity index (χ3v) is 10.2. The third-order valence-electron chi connectivity index (χ3n) is 9.87. The van der Waals surface area contributed by atoms with Crippen LogP contribution in [0.4, 0.5) is 14.9 Å². The smallest absolute Gasteiger partial charge is 0.493 e. The maximum absolute atomic E-state index is 15.1. The molecule has 3 aliphatic heterocycles. The van der Waals surface area contributed by atoms with Crippen molar-refractivity contribution >= 4 is 29.3 Å². The number of carbonyl (C=O) groups is 2. The second-order valence-electron chi connectivity index (χ2n) is 12.6. The minimum absolute atomic E-state index is 0.0220. The first kappa shape index (κ1) is 31.5. The quantitative estimate of drug-likeness (QED) is 0.340. The number of benzene rings is 3. The van der Waals surface area contributed by atoms with Gasteiger partial charge in [0, 0.05) is 55.0 Å². The number of hydrogen-bond acceptors (Lipinski definition) is 6. The fourth-order valence-electron chi connectivity index (χ4n) is 7.54. The first-order chi connectivity index (χ1) is 21.6. The van der Waals surface area contributed by atoms with Crippen LogP contribution in [0.1, 0.15) is 52.7 Å². The normalized spacial score (nSPS) is 24.3. The molecule has 2 bridgehead atoms. The van der Waals surface area contributed by atoms with Crippen LogP contribution in [0.3, 0.4) is 0 Å². The molecule has 3 aromatic carbocycles. The number of ether oxygens (including phenoxy) is 2. The van der Waals surface area contributed by atoms with E-state index in [1.54, 1.807) is 30.1 Å². The molecule has 0 aromatic heterocycles. The van der Waals surface area contributed by atoms with E-state index in [1.165, 1.54) is 13.2 Å². The highest BCUT2D eigenvalue weighted by Crippen LogP contribution is 2.50. The second-order valence-corrected chi connectivity index (χ2v) is 13.0. The maximum Gasteiger partial charge on any atom is 0.520 e. The minimum atomic E-state index is -1.40. The summed E-state index contributed by atoms with van der Waals surface area (Å²) >= 11 is 6.94. The number of aliphatic hydroxyl groups is 1. The Morgan fingerprint density at radius 2 is 2.04 bits per heavy atom. The van der Waals surface area contributed by atoms with E-state index in [0.29, 0.717) is 80.2 Å². The van der Waals surface area contributed by atoms with Crippen LogP contribution in [-0.4, -0.2) is 69.5 Å². The Hall–Kier alpha value is -3.50. The molecular weight excluding hydrogens is 597 g/mol. The van der Waals surface area contributed by atoms with E-state index in [-0.39, 0.29) is 22.5 Å². The van der Waals surface area contributed by atoms with Crippen molar-refractivity contribution in [3.63, 3.8) is 0 Å². The first-order valence-electron chi connectivity index (χ1n) is 15.6. The summed E-state index contributed by atoms with van der Waals surface area (Å²) < 4.78 is 26.3. The summed E-state index contributed by atoms with van der Waals surface area (Å²) in [5.41, 5.74) is 3.26. The maximum atomic E-state index is 15.1. The van der Waals surface area contributed by atoms with Gasteiger partial charge in [-0.2, -0.15) is 9.28 Å². The molecule has 0 radical (unpaired) electrons. The molecule has 45 heavy (non-hydrogen) atoms. The molecule has 2 N–H and O–H groups in total. The number of nitrogens with zero attached hydrogens (tertiary/aromatic N) is 2. The average Bonchev–Trinajstić information content (AvgIpc) is 3.52. The number of likely N-dealkylation sites (tertiary alicyclic amines) is 1. The summed E-state index contributed by atoms with van der Waals surface area (Å²) in [7, 11) is 5.01. The zero-order valence-electron chi connectivity index (χ0n) is 26.0. The zero-order valence-corrected chi connectivity index (χ0v) is 26.8. The number of quaternary nitrogens is 1. The van der Waals surface area contributed by atoms with Gasteiger partial charge in [0.15, 0.2) is 5.69 Å². The largest absolute Gasteiger partial charge is 0.520 e. The number of carbonyl (C=O) groups excluding carboxylic acids is 2. The van der Waals surface area contributed by atoms with Gasteiger partial charge in [-0.05, 0) is 67.3 Å². The standard InChI is InChI=1S/C35H40ClFN3O5/c1-38-20-22-10-11-25(29(37)17-22)33(41)39-14-5-7-24(21-39)35(43)13-6-15-40(2,34(42)44-3)30-18-23(19-31-26(30)12-16-45-31)32-27(35)8-4-9-28(32)36/h4,8-11,17-19,24,38,43H,5-7,12-16,20-21H2,1-3H3/q+1/t24-,35+,40?/m1/s1. The summed E-state index contributed by atoms with van der Waals surface area (Å²) in [6.45, 7) is 2.12. The predicted molar refractivity (Wildman–Crippen MR) is 172 cm³/mol. The molecule has 3 aliphatic rings. The van der Waals surface area contributed by atoms with Crippen molar-refractivity contribution < 1.29 is 28.6 Å². The van der Waals surface area contributed by atoms with E-state index in [9.17, 15) is 14.7 Å². The molecular formula is C35H40ClFN3O5+. The monoisotopic (exact) mass is 636 g/mol. The van der Waals surface area contributed by atoms with Gasteiger partial charge < -0.3 is 24.8 Å². The van der Waals surface area contributed by atoms with Crippen LogP contribution in [-0.2, 0) is 23.3 Å². The Morgan fingerprint density at radius 1 is 1.22 bits per heavy atom. The average molecular weight is 637 g/mol. The molecule has 1 saturated heterocycles. The van der Waals surface area contributed by atoms with Gasteiger partial charge in [-0.15, -0.1) is 0 Å². The molecule has 10 heteroatoms. The Morgan fingerprint density at radius 3 is 2.80 bits per heavy atom. The predicted octanol–water partition coefficient (Wildman–Crippen LogP) is 6.04. The lowest BCUT2D eigenvalue weighted by atomic mass is 9.71. The fourth-order valence-corrected chi connectivity index (χ4v) is 7.82. The van der Waals surface area contributed by atoms with Crippen molar-refractivity contribution in [2.24, 2.45) is 5.92 Å². The molecule has 2 amide bonds. The number of amides is 2. The van der Waals surface area contributed by atoms with Crippen molar-refractivity contribution in [1.29, 1.82) is 0 Å². The van der Waals surface area contributed by atoms with Crippen molar-refractivity contribution in [2.45, 2.75) is 44.2 Å². The van der Waals surface area contributed by atoms with Crippen molar-refractivity contribution in [1.82, 2.24) is 14.7 Å². The van der Waals surface area contributed by atoms with Gasteiger partial charge in [-0.1, -0.05) is 29.8 Å². The molecule has 0 saturated carbocycles. The first-order valence-corrected chi connectivity index (χ1v) is 16.0. The number of methoxy groups -OCH3 is 1. The van der Waals surface area contributed by atoms with Crippen LogP contribution in [0.25, 0.3) is 11.1 Å². The zero-order chi connectivity index (χ0) is 31.9. The molecule has 3 aromatic rings. The Labute approximate surface area is 268 Å². The number of piperidine rings is 1. The highest BCUT2D eigenvalue weighted by Gasteiger charge is 2.47. The van der Waals surface area contributed by atoms with Crippen LogP contribution in [0.2, 0.25) is 5.02 Å². The highest BCUT2D eigenvalue weighted by molar-refractivity contribution is 6.33. The van der Waals surface area contributed by atoms with Crippen LogP contribution in [0.5, 0.6) is 5.75 Å². The van der Waals surface area contributed by atoms with Gasteiger partial charge >= 0.3 is 6.09 Å². The topological polar surface area (TPSA) is 88.1 Å². The van der Waals surface area contributed by atoms with Crippen LogP contribution < -0.4 is 14.5 Å². The van der Waals surface area contributed by atoms with Crippen molar-refractivity contribution in [3.8, 4) is 16.9 Å². The lowest BCUT2D eigenvalue weighted by Crippen LogP contribution is -2.53. The molecule has 1 unspecified atom stereocenters. The van der Waals surface area contributed by atoms with Gasteiger partial charge in [-0.3, -0.25) is 4.79 Å². The number of halogens is 2. The number of rotatable bonds is 4. The van der Waals surface area contributed by atoms with Gasteiger partial charge in [0.1, 0.15) is 11.6 Å². The lowest BCUT2D eigenvalue weighted by Gasteiger charge is -2.44. The molecule has 0 spiro atoms. The Balaban J connectivity index is 1.43. The van der Waals surface area contributed by atoms with Gasteiger partial charge in [-0.25, -0.2) is 4.39 Å². The molecule has 0 aliphatic carbocycles. The Kier molecular flexibility index (Phi) is 8.65. The molecule has 6 rings (SSSR count). The van der Waals surface area contributed by atoms with Crippen molar-refractivity contribution in [3.05, 3.63) is 81.6 Å². The van der Waals surface area contributed by atoms with E-state index in [4.69, 9.17) is 21.1 Å². The summed E-state index contributed by atoms with van der Waals surface area (Å²) in [6, 6.07) is 14.2. The van der Waals surface area contributed by atoms with Gasteiger partial charge in [0.2, 0.25) is 0 Å². The summed E-state index contributed by atoms with van der Waals surface area (Å²) in [5.74, 6) is -0.610. The summed E-state index contributed by atoms with van der Waals surface area (Å²) in [5, 5.41) is 16.3. The van der Waals surface area contributed by atoms with E-state index in [1.807, 2.05) is 31.3 Å². The van der Waals surface area contributed by atoms with E-state index in [0.717, 1.165) is 22.4 Å². The van der Waals surface area contributed by atoms with Crippen LogP contribution >= 0.6 is 11.6 Å². The minimum Gasteiger partial charge on any atom is -0.493 e. The highest BCUT2D eigenvalue weighted by atomic mass is 35.5. The van der Waals surface area contributed by atoms with E-state index in [2.05, 4.69) is 5.32 Å². The van der Waals surface area contributed by atoms with Gasteiger partial charge in [0.25, 0.3) is 5.91 Å². The SMILES string of the molecule is CNCc1ccc(C(=O)N2CCC[C@@H]([C@@]3(O)CCC[N+](C)(C(=O)OC)c4cc(cc5c4CCO5)-c4c(Cl)cccc43)C2)c(F)c1. The number of hydrogen-bond donors (Lipinski definition) is 2. The Bertz CT molecular complexity index is 1650. The molecule has 3 heterocycles. The summed E-state index contributed by atoms with van der Waals surface area (Å²) in [6.07, 6.45) is 2.41. The second kappa shape index (κ2) is 12.4.